The van der Waals surface area contributed by atoms with Crippen molar-refractivity contribution in [2.45, 2.75) is 26.3 Å². The van der Waals surface area contributed by atoms with Crippen molar-refractivity contribution in [1.82, 2.24) is 5.32 Å². The maximum absolute atomic E-state index is 5.90. The van der Waals surface area contributed by atoms with Crippen LogP contribution in [0.15, 0.2) is 18.2 Å². The minimum atomic E-state index is 0.289. The lowest BCUT2D eigenvalue weighted by atomic mass is 10.1. The fourth-order valence-electron chi connectivity index (χ4n) is 1.51. The minimum absolute atomic E-state index is 0.289. The molecule has 1 atom stereocenters. The molecule has 0 aromatic heterocycles. The van der Waals surface area contributed by atoms with Crippen molar-refractivity contribution >= 4 is 11.6 Å². The van der Waals surface area contributed by atoms with E-state index in [0.717, 1.165) is 24.3 Å². The first-order valence-corrected chi connectivity index (χ1v) is 5.63. The molecule has 15 heavy (non-hydrogen) atoms. The highest BCUT2D eigenvalue weighted by molar-refractivity contribution is 6.30. The van der Waals surface area contributed by atoms with Crippen LogP contribution >= 0.6 is 11.6 Å². The molecule has 0 aliphatic heterocycles. The second-order valence-corrected chi connectivity index (χ2v) is 4.00. The predicted octanol–water partition coefficient (Wildman–Crippen LogP) is 3.41. The van der Waals surface area contributed by atoms with Crippen molar-refractivity contribution in [2.75, 3.05) is 13.7 Å². The molecule has 0 spiro atoms. The van der Waals surface area contributed by atoms with E-state index in [-0.39, 0.29) is 6.04 Å². The van der Waals surface area contributed by atoms with Crippen molar-refractivity contribution in [2.24, 2.45) is 0 Å². The normalized spacial score (nSPS) is 12.5. The second-order valence-electron chi connectivity index (χ2n) is 3.56. The van der Waals surface area contributed by atoms with Crippen LogP contribution in [0.5, 0.6) is 5.75 Å². The molecule has 0 aliphatic rings. The summed E-state index contributed by atoms with van der Waals surface area (Å²) < 4.78 is 5.30. The third-order valence-corrected chi connectivity index (χ3v) is 2.60. The molecular formula is C12H18ClNO. The van der Waals surface area contributed by atoms with Crippen molar-refractivity contribution in [3.63, 3.8) is 0 Å². The Morgan fingerprint density at radius 1 is 1.47 bits per heavy atom. The van der Waals surface area contributed by atoms with E-state index in [1.54, 1.807) is 7.11 Å². The van der Waals surface area contributed by atoms with Crippen LogP contribution in [0.1, 0.15) is 31.9 Å². The molecule has 0 saturated carbocycles. The Kier molecular flexibility index (Phi) is 4.92. The van der Waals surface area contributed by atoms with E-state index in [4.69, 9.17) is 16.3 Å². The van der Waals surface area contributed by atoms with Crippen LogP contribution in [0.25, 0.3) is 0 Å². The molecule has 0 radical (unpaired) electrons. The summed E-state index contributed by atoms with van der Waals surface area (Å²) >= 11 is 5.90. The van der Waals surface area contributed by atoms with Gasteiger partial charge in [-0.15, -0.1) is 0 Å². The number of hydrogen-bond acceptors (Lipinski definition) is 2. The zero-order valence-electron chi connectivity index (χ0n) is 9.51. The Hall–Kier alpha value is -0.730. The molecule has 1 N–H and O–H groups in total. The van der Waals surface area contributed by atoms with Gasteiger partial charge in [0.1, 0.15) is 5.75 Å². The number of ether oxygens (including phenoxy) is 1. The number of halogens is 1. The van der Waals surface area contributed by atoms with Gasteiger partial charge in [-0.05, 0) is 32.0 Å². The van der Waals surface area contributed by atoms with Crippen molar-refractivity contribution in [3.05, 3.63) is 28.8 Å². The Morgan fingerprint density at radius 2 is 2.20 bits per heavy atom. The zero-order chi connectivity index (χ0) is 11.3. The lowest BCUT2D eigenvalue weighted by Crippen LogP contribution is -2.19. The van der Waals surface area contributed by atoms with Crippen LogP contribution in [0.3, 0.4) is 0 Å². The Morgan fingerprint density at radius 3 is 2.80 bits per heavy atom. The molecule has 0 fully saturated rings. The van der Waals surface area contributed by atoms with Crippen molar-refractivity contribution < 1.29 is 4.74 Å². The highest BCUT2D eigenvalue weighted by Gasteiger charge is 2.10. The summed E-state index contributed by atoms with van der Waals surface area (Å²) in [5.74, 6) is 0.846. The molecule has 1 aromatic carbocycles. The van der Waals surface area contributed by atoms with Gasteiger partial charge in [0.05, 0.1) is 7.11 Å². The van der Waals surface area contributed by atoms with Crippen molar-refractivity contribution in [1.29, 1.82) is 0 Å². The van der Waals surface area contributed by atoms with Crippen LogP contribution in [-0.4, -0.2) is 13.7 Å². The van der Waals surface area contributed by atoms with E-state index < -0.39 is 0 Å². The van der Waals surface area contributed by atoms with Gasteiger partial charge in [0.25, 0.3) is 0 Å². The summed E-state index contributed by atoms with van der Waals surface area (Å²) in [6, 6.07) is 6.04. The van der Waals surface area contributed by atoms with Gasteiger partial charge in [-0.3, -0.25) is 0 Å². The van der Waals surface area contributed by atoms with E-state index in [1.165, 1.54) is 0 Å². The third-order valence-electron chi connectivity index (χ3n) is 2.36. The second kappa shape index (κ2) is 5.99. The smallest absolute Gasteiger partial charge is 0.125 e. The predicted molar refractivity (Wildman–Crippen MR) is 64.7 cm³/mol. The standard InChI is InChI=1S/C12H18ClNO/c1-4-7-14-9(2)11-6-5-10(13)8-12(11)15-3/h5-6,8-9,14H,4,7H2,1-3H3. The average molecular weight is 228 g/mol. The first-order valence-electron chi connectivity index (χ1n) is 5.25. The maximum Gasteiger partial charge on any atom is 0.125 e. The lowest BCUT2D eigenvalue weighted by molar-refractivity contribution is 0.402. The van der Waals surface area contributed by atoms with Crippen LogP contribution in [0.4, 0.5) is 0 Å². The molecule has 0 saturated heterocycles. The fraction of sp³-hybridized carbons (Fsp3) is 0.500. The van der Waals surface area contributed by atoms with E-state index in [1.807, 2.05) is 18.2 Å². The molecule has 1 aromatic rings. The lowest BCUT2D eigenvalue weighted by Gasteiger charge is -2.17. The highest BCUT2D eigenvalue weighted by Crippen LogP contribution is 2.27. The van der Waals surface area contributed by atoms with Gasteiger partial charge >= 0.3 is 0 Å². The van der Waals surface area contributed by atoms with E-state index in [2.05, 4.69) is 19.2 Å². The molecule has 0 aliphatic carbocycles. The summed E-state index contributed by atoms with van der Waals surface area (Å²) in [6.45, 7) is 5.28. The number of rotatable bonds is 5. The zero-order valence-corrected chi connectivity index (χ0v) is 10.3. The Labute approximate surface area is 96.6 Å². The Bertz CT molecular complexity index is 314. The largest absolute Gasteiger partial charge is 0.496 e. The first-order chi connectivity index (χ1) is 7.19. The number of methoxy groups -OCH3 is 1. The number of benzene rings is 1. The molecular weight excluding hydrogens is 210 g/mol. The quantitative estimate of drug-likeness (QED) is 0.833. The van der Waals surface area contributed by atoms with Crippen LogP contribution in [-0.2, 0) is 0 Å². The molecule has 0 amide bonds. The summed E-state index contributed by atoms with van der Waals surface area (Å²) in [7, 11) is 1.67. The monoisotopic (exact) mass is 227 g/mol. The van der Waals surface area contributed by atoms with Gasteiger partial charge in [0.2, 0.25) is 0 Å². The maximum atomic E-state index is 5.90. The summed E-state index contributed by atoms with van der Waals surface area (Å²) in [5, 5.41) is 4.13. The molecule has 1 unspecified atom stereocenters. The van der Waals surface area contributed by atoms with Gasteiger partial charge in [0.15, 0.2) is 0 Å². The summed E-state index contributed by atoms with van der Waals surface area (Å²) in [6.07, 6.45) is 1.13. The molecule has 84 valence electrons. The van der Waals surface area contributed by atoms with Crippen LogP contribution < -0.4 is 10.1 Å². The number of hydrogen-bond donors (Lipinski definition) is 1. The SMILES string of the molecule is CCCNC(C)c1ccc(Cl)cc1OC. The minimum Gasteiger partial charge on any atom is -0.496 e. The molecule has 0 bridgehead atoms. The van der Waals surface area contributed by atoms with Gasteiger partial charge in [-0.1, -0.05) is 24.6 Å². The third kappa shape index (κ3) is 3.40. The van der Waals surface area contributed by atoms with Crippen molar-refractivity contribution in [3.8, 4) is 5.75 Å². The van der Waals surface area contributed by atoms with Gasteiger partial charge in [-0.2, -0.15) is 0 Å². The van der Waals surface area contributed by atoms with E-state index in [9.17, 15) is 0 Å². The average Bonchev–Trinajstić information content (AvgIpc) is 2.25. The van der Waals surface area contributed by atoms with Gasteiger partial charge in [0, 0.05) is 16.6 Å². The highest BCUT2D eigenvalue weighted by atomic mass is 35.5. The summed E-state index contributed by atoms with van der Waals surface area (Å²) in [4.78, 5) is 0. The molecule has 2 nitrogen and oxygen atoms in total. The molecule has 0 heterocycles. The van der Waals surface area contributed by atoms with Crippen LogP contribution in [0.2, 0.25) is 5.02 Å². The van der Waals surface area contributed by atoms with Gasteiger partial charge in [-0.25, -0.2) is 0 Å². The summed E-state index contributed by atoms with van der Waals surface area (Å²) in [5.41, 5.74) is 1.15. The molecule has 3 heteroatoms. The van der Waals surface area contributed by atoms with Crippen LogP contribution in [0, 0.1) is 0 Å². The molecule has 1 rings (SSSR count). The van der Waals surface area contributed by atoms with E-state index >= 15 is 0 Å². The number of nitrogens with one attached hydrogen (secondary N) is 1. The topological polar surface area (TPSA) is 21.3 Å². The van der Waals surface area contributed by atoms with Gasteiger partial charge < -0.3 is 10.1 Å². The Balaban J connectivity index is 2.82. The fourth-order valence-corrected chi connectivity index (χ4v) is 1.68. The first kappa shape index (κ1) is 12.3. The van der Waals surface area contributed by atoms with E-state index in [0.29, 0.717) is 5.02 Å².